The van der Waals surface area contributed by atoms with Crippen molar-refractivity contribution >= 4 is 11.6 Å². The Morgan fingerprint density at radius 1 is 1.44 bits per heavy atom. The molecule has 0 unspecified atom stereocenters. The standard InChI is InChI=1S/C14H23N3O/c1-10(2)6-12(8-15)7-14(18)17-13-5-4-11(3)16-9-13/h4-5,9-10,12H,6-8,15H2,1-3H3,(H,17,18)/t12-/m0/s1. The summed E-state index contributed by atoms with van der Waals surface area (Å²) in [4.78, 5) is 16.0. The minimum atomic E-state index is 0.0109. The average Bonchev–Trinajstić information content (AvgIpc) is 2.30. The summed E-state index contributed by atoms with van der Waals surface area (Å²) in [6.45, 7) is 6.76. The Hall–Kier alpha value is -1.42. The van der Waals surface area contributed by atoms with E-state index in [1.54, 1.807) is 6.20 Å². The lowest BCUT2D eigenvalue weighted by Gasteiger charge is -2.16. The predicted molar refractivity (Wildman–Crippen MR) is 74.2 cm³/mol. The van der Waals surface area contributed by atoms with E-state index >= 15 is 0 Å². The van der Waals surface area contributed by atoms with Gasteiger partial charge in [0.2, 0.25) is 5.91 Å². The molecule has 1 amide bonds. The van der Waals surface area contributed by atoms with Crippen LogP contribution in [0.25, 0.3) is 0 Å². The van der Waals surface area contributed by atoms with Crippen LogP contribution >= 0.6 is 0 Å². The molecule has 0 spiro atoms. The minimum Gasteiger partial charge on any atom is -0.330 e. The highest BCUT2D eigenvalue weighted by atomic mass is 16.1. The van der Waals surface area contributed by atoms with Gasteiger partial charge in [-0.15, -0.1) is 0 Å². The first-order valence-corrected chi connectivity index (χ1v) is 6.43. The molecule has 1 heterocycles. The first kappa shape index (κ1) is 14.6. The highest BCUT2D eigenvalue weighted by molar-refractivity contribution is 5.90. The van der Waals surface area contributed by atoms with Gasteiger partial charge in [-0.2, -0.15) is 0 Å². The zero-order valence-corrected chi connectivity index (χ0v) is 11.4. The van der Waals surface area contributed by atoms with Crippen LogP contribution in [-0.4, -0.2) is 17.4 Å². The van der Waals surface area contributed by atoms with Crippen molar-refractivity contribution < 1.29 is 4.79 Å². The third-order valence-corrected chi connectivity index (χ3v) is 2.81. The molecule has 0 aliphatic carbocycles. The highest BCUT2D eigenvalue weighted by Crippen LogP contribution is 2.15. The maximum absolute atomic E-state index is 11.9. The maximum Gasteiger partial charge on any atom is 0.224 e. The fourth-order valence-electron chi connectivity index (χ4n) is 1.95. The van der Waals surface area contributed by atoms with Gasteiger partial charge in [-0.3, -0.25) is 9.78 Å². The van der Waals surface area contributed by atoms with Crippen LogP contribution in [0.3, 0.4) is 0 Å². The molecule has 4 nitrogen and oxygen atoms in total. The molecule has 0 aromatic carbocycles. The van der Waals surface area contributed by atoms with E-state index in [1.165, 1.54) is 0 Å². The van der Waals surface area contributed by atoms with Crippen LogP contribution in [0.5, 0.6) is 0 Å². The molecule has 0 fully saturated rings. The highest BCUT2D eigenvalue weighted by Gasteiger charge is 2.14. The smallest absolute Gasteiger partial charge is 0.224 e. The van der Waals surface area contributed by atoms with E-state index < -0.39 is 0 Å². The number of hydrogen-bond donors (Lipinski definition) is 2. The summed E-state index contributed by atoms with van der Waals surface area (Å²) in [6.07, 6.45) is 3.13. The summed E-state index contributed by atoms with van der Waals surface area (Å²) in [5, 5.41) is 2.85. The number of pyridine rings is 1. The topological polar surface area (TPSA) is 68.0 Å². The number of nitrogens with zero attached hydrogens (tertiary/aromatic N) is 1. The van der Waals surface area contributed by atoms with Gasteiger partial charge < -0.3 is 11.1 Å². The van der Waals surface area contributed by atoms with Crippen molar-refractivity contribution in [3.63, 3.8) is 0 Å². The van der Waals surface area contributed by atoms with Gasteiger partial charge in [-0.05, 0) is 43.9 Å². The fraction of sp³-hybridized carbons (Fsp3) is 0.571. The normalized spacial score (nSPS) is 12.5. The molecule has 0 bridgehead atoms. The fourth-order valence-corrected chi connectivity index (χ4v) is 1.95. The lowest BCUT2D eigenvalue weighted by Crippen LogP contribution is -2.23. The molecule has 3 N–H and O–H groups in total. The van der Waals surface area contributed by atoms with Crippen molar-refractivity contribution in [2.45, 2.75) is 33.6 Å². The van der Waals surface area contributed by atoms with Gasteiger partial charge in [0.05, 0.1) is 11.9 Å². The van der Waals surface area contributed by atoms with Crippen molar-refractivity contribution in [1.82, 2.24) is 4.98 Å². The Labute approximate surface area is 109 Å². The Balaban J connectivity index is 2.47. The monoisotopic (exact) mass is 249 g/mol. The largest absolute Gasteiger partial charge is 0.330 e. The first-order valence-electron chi connectivity index (χ1n) is 6.43. The van der Waals surface area contributed by atoms with Crippen LogP contribution in [-0.2, 0) is 4.79 Å². The van der Waals surface area contributed by atoms with Gasteiger partial charge in [0.25, 0.3) is 0 Å². The van der Waals surface area contributed by atoms with E-state index in [0.717, 1.165) is 17.8 Å². The molecule has 1 atom stereocenters. The Bertz CT molecular complexity index is 373. The average molecular weight is 249 g/mol. The SMILES string of the molecule is Cc1ccc(NC(=O)C[C@@H](CN)CC(C)C)cn1. The van der Waals surface area contributed by atoms with Gasteiger partial charge in [-0.1, -0.05) is 13.8 Å². The zero-order chi connectivity index (χ0) is 13.5. The molecule has 0 saturated heterocycles. The van der Waals surface area contributed by atoms with Crippen molar-refractivity contribution in [3.05, 3.63) is 24.0 Å². The maximum atomic E-state index is 11.9. The van der Waals surface area contributed by atoms with Crippen LogP contribution in [0, 0.1) is 18.8 Å². The number of hydrogen-bond acceptors (Lipinski definition) is 3. The van der Waals surface area contributed by atoms with Crippen molar-refractivity contribution in [2.75, 3.05) is 11.9 Å². The summed E-state index contributed by atoms with van der Waals surface area (Å²) in [5.74, 6) is 0.826. The molecule has 4 heteroatoms. The quantitative estimate of drug-likeness (QED) is 0.813. The molecule has 1 rings (SSSR count). The second-order valence-electron chi connectivity index (χ2n) is 5.17. The minimum absolute atomic E-state index is 0.0109. The van der Waals surface area contributed by atoms with Crippen molar-refractivity contribution in [3.8, 4) is 0 Å². The van der Waals surface area contributed by atoms with E-state index in [9.17, 15) is 4.79 Å². The third kappa shape index (κ3) is 5.27. The molecule has 1 aromatic rings. The molecule has 0 saturated carbocycles. The Morgan fingerprint density at radius 3 is 2.67 bits per heavy atom. The lowest BCUT2D eigenvalue weighted by atomic mass is 9.94. The molecule has 100 valence electrons. The van der Waals surface area contributed by atoms with E-state index in [0.29, 0.717) is 18.9 Å². The number of anilines is 1. The van der Waals surface area contributed by atoms with Crippen LogP contribution < -0.4 is 11.1 Å². The van der Waals surface area contributed by atoms with E-state index in [4.69, 9.17) is 5.73 Å². The number of aryl methyl sites for hydroxylation is 1. The number of carbonyl (C=O) groups excluding carboxylic acids is 1. The molecule has 0 aliphatic heterocycles. The number of carbonyl (C=O) groups is 1. The molecule has 1 aromatic heterocycles. The summed E-state index contributed by atoms with van der Waals surface area (Å²) >= 11 is 0. The van der Waals surface area contributed by atoms with E-state index in [-0.39, 0.29) is 11.8 Å². The lowest BCUT2D eigenvalue weighted by molar-refractivity contribution is -0.117. The van der Waals surface area contributed by atoms with Crippen molar-refractivity contribution in [2.24, 2.45) is 17.6 Å². The van der Waals surface area contributed by atoms with Crippen LogP contribution in [0.4, 0.5) is 5.69 Å². The first-order chi connectivity index (χ1) is 8.51. The summed E-state index contributed by atoms with van der Waals surface area (Å²) < 4.78 is 0. The third-order valence-electron chi connectivity index (χ3n) is 2.81. The number of nitrogens with two attached hydrogens (primary N) is 1. The molecule has 0 radical (unpaired) electrons. The molecule has 18 heavy (non-hydrogen) atoms. The summed E-state index contributed by atoms with van der Waals surface area (Å²) in [6, 6.07) is 3.74. The van der Waals surface area contributed by atoms with Gasteiger partial charge in [0, 0.05) is 12.1 Å². The molecule has 0 aliphatic rings. The van der Waals surface area contributed by atoms with Gasteiger partial charge >= 0.3 is 0 Å². The number of aromatic nitrogens is 1. The van der Waals surface area contributed by atoms with E-state index in [2.05, 4.69) is 24.1 Å². The predicted octanol–water partition coefficient (Wildman–Crippen LogP) is 2.34. The van der Waals surface area contributed by atoms with Gasteiger partial charge in [0.1, 0.15) is 0 Å². The van der Waals surface area contributed by atoms with Crippen LogP contribution in [0.1, 0.15) is 32.4 Å². The van der Waals surface area contributed by atoms with Gasteiger partial charge in [-0.25, -0.2) is 0 Å². The van der Waals surface area contributed by atoms with Crippen LogP contribution in [0.2, 0.25) is 0 Å². The Morgan fingerprint density at radius 2 is 2.17 bits per heavy atom. The second-order valence-corrected chi connectivity index (χ2v) is 5.17. The number of nitrogens with one attached hydrogen (secondary N) is 1. The molecular weight excluding hydrogens is 226 g/mol. The van der Waals surface area contributed by atoms with Crippen LogP contribution in [0.15, 0.2) is 18.3 Å². The Kier molecular flexibility index (Phi) is 5.78. The van der Waals surface area contributed by atoms with E-state index in [1.807, 2.05) is 19.1 Å². The molecular formula is C14H23N3O. The van der Waals surface area contributed by atoms with Crippen molar-refractivity contribution in [1.29, 1.82) is 0 Å². The second kappa shape index (κ2) is 7.11. The number of amides is 1. The summed E-state index contributed by atoms with van der Waals surface area (Å²) in [5.41, 5.74) is 7.37. The summed E-state index contributed by atoms with van der Waals surface area (Å²) in [7, 11) is 0. The number of rotatable bonds is 6. The zero-order valence-electron chi connectivity index (χ0n) is 11.4. The van der Waals surface area contributed by atoms with Gasteiger partial charge in [0.15, 0.2) is 0 Å².